The molecule has 0 atom stereocenters. The SMILES string of the molecule is CCN(CC)CCCCCCOC1=CCCC=C1. The van der Waals surface area contributed by atoms with Gasteiger partial charge in [0.1, 0.15) is 5.76 Å². The van der Waals surface area contributed by atoms with Crippen LogP contribution in [0, 0.1) is 0 Å². The lowest BCUT2D eigenvalue weighted by Crippen LogP contribution is -2.23. The van der Waals surface area contributed by atoms with E-state index in [1.54, 1.807) is 0 Å². The molecule has 1 aliphatic carbocycles. The number of allylic oxidation sites excluding steroid dienone is 3. The smallest absolute Gasteiger partial charge is 0.114 e. The number of hydrogen-bond acceptors (Lipinski definition) is 2. The number of ether oxygens (including phenoxy) is 1. The molecule has 0 bridgehead atoms. The molecule has 1 rings (SSSR count). The van der Waals surface area contributed by atoms with Crippen molar-refractivity contribution in [3.63, 3.8) is 0 Å². The zero-order valence-corrected chi connectivity index (χ0v) is 12.2. The van der Waals surface area contributed by atoms with Crippen molar-refractivity contribution in [1.82, 2.24) is 4.90 Å². The van der Waals surface area contributed by atoms with Gasteiger partial charge in [0.25, 0.3) is 0 Å². The third kappa shape index (κ3) is 6.85. The first-order valence-corrected chi connectivity index (χ1v) is 7.58. The van der Waals surface area contributed by atoms with E-state index in [0.717, 1.165) is 25.2 Å². The van der Waals surface area contributed by atoms with E-state index in [4.69, 9.17) is 4.74 Å². The average molecular weight is 251 g/mol. The third-order valence-corrected chi connectivity index (χ3v) is 3.49. The predicted molar refractivity (Wildman–Crippen MR) is 78.7 cm³/mol. The van der Waals surface area contributed by atoms with Gasteiger partial charge in [0.05, 0.1) is 6.61 Å². The summed E-state index contributed by atoms with van der Waals surface area (Å²) in [5, 5.41) is 0. The fraction of sp³-hybridized carbons (Fsp3) is 0.750. The standard InChI is InChI=1S/C16H29NO/c1-3-17(4-2)14-10-5-6-11-15-18-16-12-8-7-9-13-16/h8,12-13H,3-7,9-11,14-15H2,1-2H3. The lowest BCUT2D eigenvalue weighted by Gasteiger charge is -2.17. The highest BCUT2D eigenvalue weighted by Gasteiger charge is 1.99. The molecular weight excluding hydrogens is 222 g/mol. The van der Waals surface area contributed by atoms with Crippen LogP contribution in [0.5, 0.6) is 0 Å². The maximum absolute atomic E-state index is 5.72. The lowest BCUT2D eigenvalue weighted by atomic mass is 10.2. The molecule has 0 aromatic rings. The molecule has 0 spiro atoms. The second-order valence-electron chi connectivity index (χ2n) is 4.88. The van der Waals surface area contributed by atoms with Crippen molar-refractivity contribution >= 4 is 0 Å². The van der Waals surface area contributed by atoms with E-state index in [1.807, 2.05) is 0 Å². The number of hydrogen-bond donors (Lipinski definition) is 0. The predicted octanol–water partition coefficient (Wildman–Crippen LogP) is 4.14. The zero-order valence-electron chi connectivity index (χ0n) is 12.2. The average Bonchev–Trinajstić information content (AvgIpc) is 2.43. The summed E-state index contributed by atoms with van der Waals surface area (Å²) in [6.45, 7) is 8.97. The van der Waals surface area contributed by atoms with Crippen LogP contribution in [0.15, 0.2) is 24.0 Å². The Morgan fingerprint density at radius 2 is 1.83 bits per heavy atom. The minimum atomic E-state index is 0.876. The molecule has 2 heteroatoms. The highest BCUT2D eigenvalue weighted by atomic mass is 16.5. The summed E-state index contributed by atoms with van der Waals surface area (Å²) in [6, 6.07) is 0. The van der Waals surface area contributed by atoms with Crippen LogP contribution < -0.4 is 0 Å². The summed E-state index contributed by atoms with van der Waals surface area (Å²) in [7, 11) is 0. The molecule has 0 heterocycles. The Balaban J connectivity index is 1.89. The minimum absolute atomic E-state index is 0.876. The second kappa shape index (κ2) is 10.2. The van der Waals surface area contributed by atoms with Gasteiger partial charge in [-0.15, -0.1) is 0 Å². The van der Waals surface area contributed by atoms with E-state index >= 15 is 0 Å². The summed E-state index contributed by atoms with van der Waals surface area (Å²) in [4.78, 5) is 2.49. The Hall–Kier alpha value is -0.760. The first-order chi connectivity index (χ1) is 8.86. The van der Waals surface area contributed by atoms with Gasteiger partial charge in [-0.1, -0.05) is 32.8 Å². The van der Waals surface area contributed by atoms with Crippen LogP contribution in [0.2, 0.25) is 0 Å². The van der Waals surface area contributed by atoms with Gasteiger partial charge < -0.3 is 9.64 Å². The van der Waals surface area contributed by atoms with Gasteiger partial charge in [0.15, 0.2) is 0 Å². The van der Waals surface area contributed by atoms with E-state index in [2.05, 4.69) is 37.0 Å². The zero-order chi connectivity index (χ0) is 13.1. The fourth-order valence-corrected chi connectivity index (χ4v) is 2.22. The minimum Gasteiger partial charge on any atom is -0.494 e. The molecule has 0 aliphatic heterocycles. The fourth-order valence-electron chi connectivity index (χ4n) is 2.22. The van der Waals surface area contributed by atoms with Crippen LogP contribution in [0.3, 0.4) is 0 Å². The van der Waals surface area contributed by atoms with Gasteiger partial charge in [0.2, 0.25) is 0 Å². The van der Waals surface area contributed by atoms with Crippen LogP contribution in [0.25, 0.3) is 0 Å². The van der Waals surface area contributed by atoms with E-state index in [9.17, 15) is 0 Å². The van der Waals surface area contributed by atoms with E-state index in [1.165, 1.54) is 45.3 Å². The molecule has 0 aromatic heterocycles. The van der Waals surface area contributed by atoms with E-state index in [0.29, 0.717) is 0 Å². The molecular formula is C16H29NO. The molecule has 0 N–H and O–H groups in total. The van der Waals surface area contributed by atoms with Gasteiger partial charge in [-0.2, -0.15) is 0 Å². The van der Waals surface area contributed by atoms with Crippen LogP contribution in [-0.4, -0.2) is 31.1 Å². The Morgan fingerprint density at radius 1 is 1.06 bits per heavy atom. The van der Waals surface area contributed by atoms with Crippen molar-refractivity contribution in [2.45, 2.75) is 52.4 Å². The molecule has 2 nitrogen and oxygen atoms in total. The Kier molecular flexibility index (Phi) is 8.66. The molecule has 0 radical (unpaired) electrons. The summed E-state index contributed by atoms with van der Waals surface area (Å²) in [5.41, 5.74) is 0. The summed E-state index contributed by atoms with van der Waals surface area (Å²) in [6.07, 6.45) is 13.9. The Labute approximate surface area is 113 Å². The number of unbranched alkanes of at least 4 members (excludes halogenated alkanes) is 3. The monoisotopic (exact) mass is 251 g/mol. The maximum Gasteiger partial charge on any atom is 0.114 e. The summed E-state index contributed by atoms with van der Waals surface area (Å²) >= 11 is 0. The first kappa shape index (κ1) is 15.3. The van der Waals surface area contributed by atoms with Crippen molar-refractivity contribution in [2.24, 2.45) is 0 Å². The molecule has 0 saturated heterocycles. The van der Waals surface area contributed by atoms with Crippen molar-refractivity contribution in [1.29, 1.82) is 0 Å². The van der Waals surface area contributed by atoms with Gasteiger partial charge in [-0.05, 0) is 57.5 Å². The molecule has 0 saturated carbocycles. The van der Waals surface area contributed by atoms with Crippen LogP contribution in [-0.2, 0) is 4.74 Å². The summed E-state index contributed by atoms with van der Waals surface area (Å²) in [5.74, 6) is 1.07. The Bertz CT molecular complexity index is 254. The number of nitrogens with zero attached hydrogens (tertiary/aromatic N) is 1. The highest BCUT2D eigenvalue weighted by molar-refractivity contribution is 5.15. The molecule has 0 unspecified atom stereocenters. The molecule has 1 aliphatic rings. The van der Waals surface area contributed by atoms with Gasteiger partial charge in [-0.25, -0.2) is 0 Å². The quantitative estimate of drug-likeness (QED) is 0.541. The Morgan fingerprint density at radius 3 is 2.50 bits per heavy atom. The number of rotatable bonds is 10. The van der Waals surface area contributed by atoms with Crippen molar-refractivity contribution in [3.05, 3.63) is 24.0 Å². The molecule has 0 aromatic carbocycles. The second-order valence-corrected chi connectivity index (χ2v) is 4.88. The van der Waals surface area contributed by atoms with Crippen molar-refractivity contribution in [3.8, 4) is 0 Å². The van der Waals surface area contributed by atoms with Crippen LogP contribution in [0.1, 0.15) is 52.4 Å². The lowest BCUT2D eigenvalue weighted by molar-refractivity contribution is 0.213. The van der Waals surface area contributed by atoms with E-state index < -0.39 is 0 Å². The molecule has 18 heavy (non-hydrogen) atoms. The molecule has 0 fully saturated rings. The van der Waals surface area contributed by atoms with Gasteiger partial charge >= 0.3 is 0 Å². The maximum atomic E-state index is 5.72. The molecule has 104 valence electrons. The van der Waals surface area contributed by atoms with Gasteiger partial charge in [0, 0.05) is 0 Å². The van der Waals surface area contributed by atoms with E-state index in [-0.39, 0.29) is 0 Å². The third-order valence-electron chi connectivity index (χ3n) is 3.49. The molecule has 0 amide bonds. The van der Waals surface area contributed by atoms with Crippen molar-refractivity contribution in [2.75, 3.05) is 26.2 Å². The largest absolute Gasteiger partial charge is 0.494 e. The van der Waals surface area contributed by atoms with Crippen molar-refractivity contribution < 1.29 is 4.74 Å². The van der Waals surface area contributed by atoms with Crippen LogP contribution in [0.4, 0.5) is 0 Å². The topological polar surface area (TPSA) is 12.5 Å². The summed E-state index contributed by atoms with van der Waals surface area (Å²) < 4.78 is 5.72. The van der Waals surface area contributed by atoms with Crippen LogP contribution >= 0.6 is 0 Å². The normalized spacial score (nSPS) is 14.9. The first-order valence-electron chi connectivity index (χ1n) is 7.58. The van der Waals surface area contributed by atoms with Gasteiger partial charge in [-0.3, -0.25) is 0 Å². The highest BCUT2D eigenvalue weighted by Crippen LogP contribution is 2.11.